The number of benzene rings is 2. The molecule has 0 aromatic heterocycles. The zero-order chi connectivity index (χ0) is 21.0. The summed E-state index contributed by atoms with van der Waals surface area (Å²) in [5.74, 6) is 1.61. The SMILES string of the molecule is COc1ccc(C2(C#N)CCC(=O)CC2Cc2ccccc2)cc1OC1CCCC1. The number of hydrogen-bond donors (Lipinski definition) is 0. The average molecular weight is 404 g/mol. The molecule has 2 saturated carbocycles. The second-order valence-electron chi connectivity index (χ2n) is 8.60. The van der Waals surface area contributed by atoms with Crippen LogP contribution in [0.4, 0.5) is 0 Å². The first kappa shape index (κ1) is 20.5. The van der Waals surface area contributed by atoms with Gasteiger partial charge in [-0.25, -0.2) is 0 Å². The van der Waals surface area contributed by atoms with Crippen LogP contribution >= 0.6 is 0 Å². The minimum atomic E-state index is -0.705. The van der Waals surface area contributed by atoms with Gasteiger partial charge in [0.15, 0.2) is 11.5 Å². The third-order valence-electron chi connectivity index (χ3n) is 6.77. The molecule has 30 heavy (non-hydrogen) atoms. The third kappa shape index (κ3) is 4.07. The van der Waals surface area contributed by atoms with Crippen LogP contribution in [0.3, 0.4) is 0 Å². The summed E-state index contributed by atoms with van der Waals surface area (Å²) in [4.78, 5) is 12.3. The lowest BCUT2D eigenvalue weighted by Crippen LogP contribution is -2.41. The standard InChI is InChI=1S/C26H29NO3/c1-29-24-12-11-20(17-25(24)30-23-9-5-6-10-23)26(18-27)14-13-22(28)16-21(26)15-19-7-3-2-4-8-19/h2-4,7-8,11-12,17,21,23H,5-6,9-10,13-16H2,1H3. The van der Waals surface area contributed by atoms with Crippen LogP contribution in [0, 0.1) is 17.2 Å². The number of nitriles is 1. The Labute approximate surface area is 178 Å². The van der Waals surface area contributed by atoms with E-state index in [-0.39, 0.29) is 17.8 Å². The molecule has 2 aromatic rings. The van der Waals surface area contributed by atoms with Gasteiger partial charge in [0.2, 0.25) is 0 Å². The van der Waals surface area contributed by atoms with E-state index in [1.54, 1.807) is 7.11 Å². The first-order chi connectivity index (χ1) is 14.6. The highest BCUT2D eigenvalue weighted by Crippen LogP contribution is 2.46. The molecule has 2 unspecified atom stereocenters. The van der Waals surface area contributed by atoms with Crippen LogP contribution in [0.5, 0.6) is 11.5 Å². The molecule has 2 fully saturated rings. The van der Waals surface area contributed by atoms with Crippen molar-refractivity contribution in [1.29, 1.82) is 5.26 Å². The van der Waals surface area contributed by atoms with Crippen molar-refractivity contribution in [2.45, 2.75) is 62.9 Å². The van der Waals surface area contributed by atoms with Crippen molar-refractivity contribution in [3.63, 3.8) is 0 Å². The first-order valence-electron chi connectivity index (χ1n) is 11.0. The van der Waals surface area contributed by atoms with E-state index in [0.29, 0.717) is 37.2 Å². The first-order valence-corrected chi connectivity index (χ1v) is 11.0. The van der Waals surface area contributed by atoms with Crippen LogP contribution in [-0.2, 0) is 16.6 Å². The molecule has 2 aliphatic rings. The molecule has 0 bridgehead atoms. The topological polar surface area (TPSA) is 59.3 Å². The van der Waals surface area contributed by atoms with E-state index >= 15 is 0 Å². The van der Waals surface area contributed by atoms with Crippen molar-refractivity contribution in [3.05, 3.63) is 59.7 Å². The fourth-order valence-corrected chi connectivity index (χ4v) is 5.06. The number of ketones is 1. The molecule has 0 radical (unpaired) electrons. The maximum Gasteiger partial charge on any atom is 0.161 e. The number of hydrogen-bond acceptors (Lipinski definition) is 4. The molecule has 0 amide bonds. The van der Waals surface area contributed by atoms with E-state index in [1.807, 2.05) is 36.4 Å². The Hall–Kier alpha value is -2.80. The van der Waals surface area contributed by atoms with Crippen molar-refractivity contribution in [3.8, 4) is 17.6 Å². The predicted octanol–water partition coefficient (Wildman–Crippen LogP) is 5.39. The lowest BCUT2D eigenvalue weighted by molar-refractivity contribution is -0.122. The summed E-state index contributed by atoms with van der Waals surface area (Å²) >= 11 is 0. The molecule has 2 aliphatic carbocycles. The normalized spacial score (nSPS) is 24.4. The second-order valence-corrected chi connectivity index (χ2v) is 8.60. The van der Waals surface area contributed by atoms with Gasteiger partial charge in [-0.15, -0.1) is 0 Å². The summed E-state index contributed by atoms with van der Waals surface area (Å²) < 4.78 is 11.8. The number of carbonyl (C=O) groups is 1. The molecule has 0 aliphatic heterocycles. The zero-order valence-corrected chi connectivity index (χ0v) is 17.6. The van der Waals surface area contributed by atoms with Crippen molar-refractivity contribution >= 4 is 5.78 Å². The van der Waals surface area contributed by atoms with Crippen LogP contribution < -0.4 is 9.47 Å². The molecule has 2 aromatic carbocycles. The fourth-order valence-electron chi connectivity index (χ4n) is 5.06. The van der Waals surface area contributed by atoms with E-state index in [1.165, 1.54) is 12.8 Å². The summed E-state index contributed by atoms with van der Waals surface area (Å²) in [6.45, 7) is 0. The Balaban J connectivity index is 1.70. The van der Waals surface area contributed by atoms with Gasteiger partial charge in [0.25, 0.3) is 0 Å². The number of carbonyl (C=O) groups excluding carboxylic acids is 1. The summed E-state index contributed by atoms with van der Waals surface area (Å²) in [5.41, 5.74) is 1.39. The Morgan fingerprint density at radius 1 is 1.10 bits per heavy atom. The maximum absolute atomic E-state index is 12.3. The monoisotopic (exact) mass is 403 g/mol. The van der Waals surface area contributed by atoms with E-state index in [0.717, 1.165) is 24.0 Å². The van der Waals surface area contributed by atoms with Crippen molar-refractivity contribution in [1.82, 2.24) is 0 Å². The highest BCUT2D eigenvalue weighted by Gasteiger charge is 2.45. The molecule has 4 nitrogen and oxygen atoms in total. The average Bonchev–Trinajstić information content (AvgIpc) is 3.28. The van der Waals surface area contributed by atoms with Crippen molar-refractivity contribution in [2.24, 2.45) is 5.92 Å². The lowest BCUT2D eigenvalue weighted by atomic mass is 9.61. The maximum atomic E-state index is 12.3. The molecule has 0 N–H and O–H groups in total. The molecular formula is C26H29NO3. The largest absolute Gasteiger partial charge is 0.493 e. The molecule has 0 saturated heterocycles. The number of nitrogens with zero attached hydrogens (tertiary/aromatic N) is 1. The van der Waals surface area contributed by atoms with E-state index in [2.05, 4.69) is 18.2 Å². The Morgan fingerprint density at radius 3 is 2.57 bits per heavy atom. The minimum absolute atomic E-state index is 0.0566. The van der Waals surface area contributed by atoms with Crippen molar-refractivity contribution in [2.75, 3.05) is 7.11 Å². The van der Waals surface area contributed by atoms with Crippen LogP contribution in [0.25, 0.3) is 0 Å². The van der Waals surface area contributed by atoms with Crippen LogP contribution in [0.15, 0.2) is 48.5 Å². The summed E-state index contributed by atoms with van der Waals surface area (Å²) in [5, 5.41) is 10.4. The minimum Gasteiger partial charge on any atom is -0.493 e. The highest BCUT2D eigenvalue weighted by atomic mass is 16.5. The second kappa shape index (κ2) is 8.92. The molecular weight excluding hydrogens is 374 g/mol. The summed E-state index contributed by atoms with van der Waals surface area (Å²) in [7, 11) is 1.65. The van der Waals surface area contributed by atoms with Crippen molar-refractivity contribution < 1.29 is 14.3 Å². The molecule has 2 atom stereocenters. The van der Waals surface area contributed by atoms with E-state index < -0.39 is 5.41 Å². The van der Waals surface area contributed by atoms with Crippen LogP contribution in [0.2, 0.25) is 0 Å². The Morgan fingerprint density at radius 2 is 1.87 bits per heavy atom. The van der Waals surface area contributed by atoms with Crippen LogP contribution in [-0.4, -0.2) is 19.0 Å². The van der Waals surface area contributed by atoms with E-state index in [4.69, 9.17) is 9.47 Å². The smallest absolute Gasteiger partial charge is 0.161 e. The van der Waals surface area contributed by atoms with Gasteiger partial charge >= 0.3 is 0 Å². The van der Waals surface area contributed by atoms with Gasteiger partial charge in [0.1, 0.15) is 5.78 Å². The van der Waals surface area contributed by atoms with Gasteiger partial charge in [-0.2, -0.15) is 5.26 Å². The molecule has 0 spiro atoms. The number of Topliss-reactive ketones (excluding diaryl/α,β-unsaturated/α-hetero) is 1. The number of ether oxygens (including phenoxy) is 2. The van der Waals surface area contributed by atoms with Gasteiger partial charge < -0.3 is 9.47 Å². The van der Waals surface area contributed by atoms with Gasteiger partial charge in [0.05, 0.1) is 24.7 Å². The molecule has 0 heterocycles. The summed E-state index contributed by atoms with van der Waals surface area (Å²) in [6.07, 6.45) is 6.85. The summed E-state index contributed by atoms with van der Waals surface area (Å²) in [6, 6.07) is 18.7. The predicted molar refractivity (Wildman–Crippen MR) is 116 cm³/mol. The van der Waals surface area contributed by atoms with Crippen LogP contribution in [0.1, 0.15) is 56.1 Å². The van der Waals surface area contributed by atoms with Gasteiger partial charge in [-0.05, 0) is 67.7 Å². The third-order valence-corrected chi connectivity index (χ3v) is 6.77. The molecule has 156 valence electrons. The molecule has 4 rings (SSSR count). The Bertz CT molecular complexity index is 927. The fraction of sp³-hybridized carbons (Fsp3) is 0.462. The van der Waals surface area contributed by atoms with E-state index in [9.17, 15) is 10.1 Å². The Kier molecular flexibility index (Phi) is 6.08. The quantitative estimate of drug-likeness (QED) is 0.649. The molecule has 4 heteroatoms. The van der Waals surface area contributed by atoms with Gasteiger partial charge in [-0.3, -0.25) is 4.79 Å². The van der Waals surface area contributed by atoms with Gasteiger partial charge in [-0.1, -0.05) is 36.4 Å². The highest BCUT2D eigenvalue weighted by molar-refractivity contribution is 5.80. The lowest BCUT2D eigenvalue weighted by Gasteiger charge is -2.39. The van der Waals surface area contributed by atoms with Gasteiger partial charge in [0, 0.05) is 12.8 Å². The number of rotatable bonds is 6. The number of methoxy groups -OCH3 is 1. The zero-order valence-electron chi connectivity index (χ0n) is 17.6.